The molecule has 0 N–H and O–H groups in total. The summed E-state index contributed by atoms with van der Waals surface area (Å²) in [5.41, 5.74) is 0. The minimum absolute atomic E-state index is 0.990. The quantitative estimate of drug-likeness (QED) is 0.410. The zero-order valence-electron chi connectivity index (χ0n) is 3.44. The van der Waals surface area contributed by atoms with Crippen molar-refractivity contribution in [3.63, 3.8) is 0 Å². The van der Waals surface area contributed by atoms with Crippen LogP contribution in [0.15, 0.2) is 4.99 Å². The molecular weight excluding hydrogens is 74.1 g/mol. The van der Waals surface area contributed by atoms with E-state index in [0.717, 1.165) is 12.8 Å². The average molecular weight is 79.1 g/mol. The second kappa shape index (κ2) is 1.96. The molecule has 1 heteroatoms. The summed E-state index contributed by atoms with van der Waals surface area (Å²) in [6.07, 6.45) is 6.70. The molecule has 0 fully saturated rings. The molecule has 6 heavy (non-hydrogen) atoms. The zero-order valence-corrected chi connectivity index (χ0v) is 3.44. The Hall–Kier alpha value is -0.330. The minimum atomic E-state index is 0.990. The van der Waals surface area contributed by atoms with Crippen molar-refractivity contribution in [3.05, 3.63) is 13.0 Å². The molecular formula is C5H5N. The van der Waals surface area contributed by atoms with E-state index >= 15 is 0 Å². The average Bonchev–Trinajstić information content (AvgIpc) is 1.72. The van der Waals surface area contributed by atoms with Gasteiger partial charge < -0.3 is 0 Å². The summed E-state index contributed by atoms with van der Waals surface area (Å²) in [6, 6.07) is 0. The van der Waals surface area contributed by atoms with Crippen LogP contribution in [-0.2, 0) is 0 Å². The van der Waals surface area contributed by atoms with Crippen LogP contribution >= 0.6 is 0 Å². The van der Waals surface area contributed by atoms with E-state index < -0.39 is 0 Å². The number of hydrogen-bond donors (Lipinski definition) is 0. The SMILES string of the molecule is [C]1[C]N=CCC1. The lowest BCUT2D eigenvalue weighted by Gasteiger charge is -1.94. The fourth-order valence-corrected chi connectivity index (χ4v) is 0.348. The van der Waals surface area contributed by atoms with Gasteiger partial charge in [-0.15, -0.1) is 0 Å². The van der Waals surface area contributed by atoms with Gasteiger partial charge in [0, 0.05) is 6.42 Å². The topological polar surface area (TPSA) is 12.4 Å². The van der Waals surface area contributed by atoms with E-state index in [-0.39, 0.29) is 0 Å². The van der Waals surface area contributed by atoms with E-state index in [2.05, 4.69) is 18.0 Å². The van der Waals surface area contributed by atoms with Gasteiger partial charge in [-0.3, -0.25) is 4.99 Å². The molecule has 0 aromatic heterocycles. The molecule has 0 unspecified atom stereocenters. The van der Waals surface area contributed by atoms with Gasteiger partial charge in [-0.1, -0.05) is 0 Å². The van der Waals surface area contributed by atoms with Crippen molar-refractivity contribution in [2.45, 2.75) is 12.8 Å². The van der Waals surface area contributed by atoms with Crippen molar-refractivity contribution in [2.24, 2.45) is 4.99 Å². The number of rotatable bonds is 0. The molecule has 0 aliphatic carbocycles. The third-order valence-corrected chi connectivity index (χ3v) is 0.633. The van der Waals surface area contributed by atoms with Crippen molar-refractivity contribution < 1.29 is 0 Å². The molecule has 1 heterocycles. The lowest BCUT2D eigenvalue weighted by Crippen LogP contribution is -1.85. The maximum absolute atomic E-state index is 3.69. The standard InChI is InChI=1S/C5H5N/c1-2-4-6-5-3-1/h4H,1-2H2. The molecule has 1 rings (SSSR count). The van der Waals surface area contributed by atoms with Crippen molar-refractivity contribution in [2.75, 3.05) is 0 Å². The predicted molar refractivity (Wildman–Crippen MR) is 24.2 cm³/mol. The molecule has 0 spiro atoms. The Labute approximate surface area is 38.1 Å². The Morgan fingerprint density at radius 1 is 1.67 bits per heavy atom. The summed E-state index contributed by atoms with van der Waals surface area (Å²) in [5.74, 6) is 0. The second-order valence-corrected chi connectivity index (χ2v) is 1.14. The molecule has 30 valence electrons. The number of hydrogen-bond acceptors (Lipinski definition) is 1. The summed E-state index contributed by atoms with van der Waals surface area (Å²) < 4.78 is 0. The number of aliphatic imine (C=N–C) groups is 1. The van der Waals surface area contributed by atoms with Crippen LogP contribution in [0.2, 0.25) is 0 Å². The third-order valence-electron chi connectivity index (χ3n) is 0.633. The monoisotopic (exact) mass is 79.0 g/mol. The summed E-state index contributed by atoms with van der Waals surface area (Å²) in [7, 11) is 0. The smallest absolute Gasteiger partial charge is 0.123 e. The first-order chi connectivity index (χ1) is 3.00. The summed E-state index contributed by atoms with van der Waals surface area (Å²) in [5, 5.41) is 0. The molecule has 4 radical (unpaired) electrons. The highest BCUT2D eigenvalue weighted by atomic mass is 14.7. The van der Waals surface area contributed by atoms with Crippen molar-refractivity contribution >= 4 is 6.21 Å². The van der Waals surface area contributed by atoms with Crippen molar-refractivity contribution in [1.82, 2.24) is 0 Å². The van der Waals surface area contributed by atoms with E-state index in [0.29, 0.717) is 0 Å². The first-order valence-electron chi connectivity index (χ1n) is 1.99. The first-order valence-corrected chi connectivity index (χ1v) is 1.99. The fourth-order valence-electron chi connectivity index (χ4n) is 0.348. The van der Waals surface area contributed by atoms with Gasteiger partial charge in [-0.2, -0.15) is 0 Å². The third kappa shape index (κ3) is 0.814. The molecule has 0 aromatic rings. The van der Waals surface area contributed by atoms with E-state index in [4.69, 9.17) is 0 Å². The molecule has 0 aromatic carbocycles. The highest BCUT2D eigenvalue weighted by Crippen LogP contribution is 2.00. The molecule has 1 aliphatic rings. The Morgan fingerprint density at radius 2 is 2.67 bits per heavy atom. The highest BCUT2D eigenvalue weighted by Gasteiger charge is 1.91. The van der Waals surface area contributed by atoms with Crippen LogP contribution in [0.1, 0.15) is 12.8 Å². The molecule has 1 nitrogen and oxygen atoms in total. The Morgan fingerprint density at radius 3 is 2.83 bits per heavy atom. The Bertz CT molecular complexity index is 49.0. The largest absolute Gasteiger partial charge is 0.285 e. The zero-order chi connectivity index (χ0) is 4.24. The lowest BCUT2D eigenvalue weighted by atomic mass is 10.2. The Balaban J connectivity index is 2.26. The molecule has 0 atom stereocenters. The minimum Gasteiger partial charge on any atom is -0.285 e. The van der Waals surface area contributed by atoms with Gasteiger partial charge in [0.15, 0.2) is 0 Å². The van der Waals surface area contributed by atoms with Gasteiger partial charge in [-0.25, -0.2) is 0 Å². The molecule has 1 aliphatic heterocycles. The first kappa shape index (κ1) is 3.85. The van der Waals surface area contributed by atoms with Gasteiger partial charge in [0.1, 0.15) is 6.54 Å². The Kier molecular flexibility index (Phi) is 1.25. The summed E-state index contributed by atoms with van der Waals surface area (Å²) in [6.45, 7) is 2.60. The number of nitrogens with zero attached hydrogens (tertiary/aromatic N) is 1. The normalized spacial score (nSPS) is 21.3. The molecule has 0 bridgehead atoms. The van der Waals surface area contributed by atoms with E-state index in [9.17, 15) is 0 Å². The van der Waals surface area contributed by atoms with Gasteiger partial charge >= 0.3 is 0 Å². The summed E-state index contributed by atoms with van der Waals surface area (Å²) >= 11 is 0. The second-order valence-electron chi connectivity index (χ2n) is 1.14. The van der Waals surface area contributed by atoms with Crippen LogP contribution < -0.4 is 0 Å². The maximum Gasteiger partial charge on any atom is 0.123 e. The van der Waals surface area contributed by atoms with Gasteiger partial charge in [0.25, 0.3) is 0 Å². The fraction of sp³-hybridized carbons (Fsp3) is 0.400. The van der Waals surface area contributed by atoms with Gasteiger partial charge in [0.2, 0.25) is 0 Å². The van der Waals surface area contributed by atoms with Gasteiger partial charge in [0.05, 0.1) is 0 Å². The van der Waals surface area contributed by atoms with Crippen LogP contribution in [0.5, 0.6) is 0 Å². The van der Waals surface area contributed by atoms with Gasteiger partial charge in [-0.05, 0) is 19.1 Å². The molecule has 0 saturated carbocycles. The molecule has 0 amide bonds. The molecule has 0 saturated heterocycles. The summed E-state index contributed by atoms with van der Waals surface area (Å²) in [4.78, 5) is 3.69. The van der Waals surface area contributed by atoms with Crippen LogP contribution in [0, 0.1) is 13.0 Å². The van der Waals surface area contributed by atoms with Crippen LogP contribution in [0.3, 0.4) is 0 Å². The van der Waals surface area contributed by atoms with E-state index in [1.165, 1.54) is 0 Å². The van der Waals surface area contributed by atoms with Crippen molar-refractivity contribution in [3.8, 4) is 0 Å². The van der Waals surface area contributed by atoms with E-state index in [1.54, 1.807) is 0 Å². The maximum atomic E-state index is 3.69. The van der Waals surface area contributed by atoms with Crippen LogP contribution in [-0.4, -0.2) is 6.21 Å². The highest BCUT2D eigenvalue weighted by molar-refractivity contribution is 5.59. The van der Waals surface area contributed by atoms with Crippen LogP contribution in [0.25, 0.3) is 0 Å². The lowest BCUT2D eigenvalue weighted by molar-refractivity contribution is 0.980. The predicted octanol–water partition coefficient (Wildman–Crippen LogP) is 0.971. The van der Waals surface area contributed by atoms with Crippen LogP contribution in [0.4, 0.5) is 0 Å². The van der Waals surface area contributed by atoms with E-state index in [1.807, 2.05) is 6.21 Å². The van der Waals surface area contributed by atoms with Crippen molar-refractivity contribution in [1.29, 1.82) is 0 Å².